The van der Waals surface area contributed by atoms with E-state index in [1.807, 2.05) is 6.07 Å². The molecule has 0 spiro atoms. The molecule has 0 radical (unpaired) electrons. The summed E-state index contributed by atoms with van der Waals surface area (Å²) in [4.78, 5) is 8.77. The molecule has 102 valence electrons. The van der Waals surface area contributed by atoms with Crippen LogP contribution in [0.2, 0.25) is 5.15 Å². The predicted octanol–water partition coefficient (Wildman–Crippen LogP) is 5.98. The Bertz CT molecular complexity index is 835. The molecular weight excluding hydrogens is 430 g/mol. The van der Waals surface area contributed by atoms with Crippen LogP contribution in [0.15, 0.2) is 25.8 Å². The molecule has 0 saturated heterocycles. The Kier molecular flexibility index (Phi) is 3.83. The van der Waals surface area contributed by atoms with Crippen LogP contribution in [0, 0.1) is 12.7 Å². The van der Waals surface area contributed by atoms with E-state index in [0.29, 0.717) is 27.4 Å². The lowest BCUT2D eigenvalue weighted by Crippen LogP contribution is -1.95. The van der Waals surface area contributed by atoms with Crippen LogP contribution in [0.4, 0.5) is 4.39 Å². The number of hydrogen-bond donors (Lipinski definition) is 0. The topological polar surface area (TPSA) is 25.8 Å². The summed E-state index contributed by atoms with van der Waals surface area (Å²) in [5, 5.41) is 0.974. The maximum Gasteiger partial charge on any atom is 0.163 e. The third-order valence-corrected chi connectivity index (χ3v) is 5.53. The van der Waals surface area contributed by atoms with Gasteiger partial charge >= 0.3 is 0 Å². The van der Waals surface area contributed by atoms with Crippen molar-refractivity contribution in [1.82, 2.24) is 9.97 Å². The average molecular weight is 437 g/mol. The number of benzene rings is 1. The zero-order chi connectivity index (χ0) is 14.4. The zero-order valence-electron chi connectivity index (χ0n) is 10.0. The second-order valence-corrected chi connectivity index (χ2v) is 8.25. The van der Waals surface area contributed by atoms with Gasteiger partial charge in [-0.3, -0.25) is 0 Å². The van der Waals surface area contributed by atoms with Crippen LogP contribution in [0.3, 0.4) is 0 Å². The van der Waals surface area contributed by atoms with Crippen LogP contribution in [0.1, 0.15) is 5.56 Å². The minimum atomic E-state index is -0.302. The van der Waals surface area contributed by atoms with E-state index >= 15 is 0 Å². The maximum absolute atomic E-state index is 13.7. The first-order valence-corrected chi connectivity index (χ1v) is 8.33. The van der Waals surface area contributed by atoms with Crippen molar-refractivity contribution >= 4 is 65.7 Å². The molecule has 3 aromatic rings. The predicted molar refractivity (Wildman–Crippen MR) is 88.0 cm³/mol. The number of hydrogen-bond acceptors (Lipinski definition) is 3. The SMILES string of the molecule is Cc1c(F)ccc2c(Cl)nc(-c3cc(Br)sc3Br)nc12. The molecule has 0 atom stereocenters. The summed E-state index contributed by atoms with van der Waals surface area (Å²) in [5.74, 6) is 0.175. The van der Waals surface area contributed by atoms with E-state index in [2.05, 4.69) is 41.8 Å². The van der Waals surface area contributed by atoms with Crippen molar-refractivity contribution in [1.29, 1.82) is 0 Å². The summed E-state index contributed by atoms with van der Waals surface area (Å²) in [6.07, 6.45) is 0. The Balaban J connectivity index is 2.34. The van der Waals surface area contributed by atoms with Crippen molar-refractivity contribution in [3.8, 4) is 11.4 Å². The standard InChI is InChI=1S/C13H6Br2ClFN2S/c1-5-8(17)3-2-6-10(5)18-13(19-12(6)16)7-4-9(14)20-11(7)15/h2-4H,1H3. The highest BCUT2D eigenvalue weighted by Crippen LogP contribution is 2.38. The van der Waals surface area contributed by atoms with Crippen molar-refractivity contribution < 1.29 is 4.39 Å². The van der Waals surface area contributed by atoms with Crippen LogP contribution in [-0.2, 0) is 0 Å². The molecule has 0 fully saturated rings. The monoisotopic (exact) mass is 434 g/mol. The number of thiophene rings is 1. The van der Waals surface area contributed by atoms with Gasteiger partial charge in [0.1, 0.15) is 11.0 Å². The third kappa shape index (κ3) is 2.39. The fourth-order valence-corrected chi connectivity index (χ4v) is 4.91. The van der Waals surface area contributed by atoms with Crippen LogP contribution in [0.5, 0.6) is 0 Å². The van der Waals surface area contributed by atoms with Gasteiger partial charge in [-0.15, -0.1) is 11.3 Å². The number of aromatic nitrogens is 2. The van der Waals surface area contributed by atoms with Gasteiger partial charge in [0, 0.05) is 16.5 Å². The number of halogens is 4. The highest BCUT2D eigenvalue weighted by atomic mass is 79.9. The van der Waals surface area contributed by atoms with Gasteiger partial charge in [-0.25, -0.2) is 14.4 Å². The van der Waals surface area contributed by atoms with E-state index in [1.165, 1.54) is 17.4 Å². The minimum Gasteiger partial charge on any atom is -0.227 e. The molecule has 2 heterocycles. The highest BCUT2D eigenvalue weighted by Gasteiger charge is 2.15. The van der Waals surface area contributed by atoms with E-state index in [4.69, 9.17) is 11.6 Å². The van der Waals surface area contributed by atoms with E-state index in [1.54, 1.807) is 13.0 Å². The number of rotatable bonds is 1. The minimum absolute atomic E-state index is 0.302. The molecule has 0 amide bonds. The molecule has 0 aliphatic heterocycles. The van der Waals surface area contributed by atoms with E-state index in [0.717, 1.165) is 13.1 Å². The van der Waals surface area contributed by atoms with Crippen molar-refractivity contribution in [2.75, 3.05) is 0 Å². The molecule has 2 nitrogen and oxygen atoms in total. The van der Waals surface area contributed by atoms with Gasteiger partial charge in [-0.1, -0.05) is 11.6 Å². The molecule has 0 N–H and O–H groups in total. The fourth-order valence-electron chi connectivity index (χ4n) is 1.88. The first-order valence-electron chi connectivity index (χ1n) is 5.55. The fraction of sp³-hybridized carbons (Fsp3) is 0.0769. The number of nitrogens with zero attached hydrogens (tertiary/aromatic N) is 2. The first-order chi connectivity index (χ1) is 9.47. The summed E-state index contributed by atoms with van der Waals surface area (Å²) >= 11 is 14.6. The third-order valence-electron chi connectivity index (χ3n) is 2.91. The largest absolute Gasteiger partial charge is 0.227 e. The lowest BCUT2D eigenvalue weighted by molar-refractivity contribution is 0.620. The van der Waals surface area contributed by atoms with Crippen LogP contribution in [0.25, 0.3) is 22.3 Å². The molecule has 2 aromatic heterocycles. The molecule has 0 aliphatic carbocycles. The Labute approximate surface area is 140 Å². The van der Waals surface area contributed by atoms with Crippen molar-refractivity contribution in [2.24, 2.45) is 0 Å². The van der Waals surface area contributed by atoms with E-state index in [9.17, 15) is 4.39 Å². The lowest BCUT2D eigenvalue weighted by atomic mass is 10.1. The highest BCUT2D eigenvalue weighted by molar-refractivity contribution is 9.12. The molecule has 20 heavy (non-hydrogen) atoms. The molecule has 0 saturated carbocycles. The second kappa shape index (κ2) is 5.33. The van der Waals surface area contributed by atoms with Gasteiger partial charge in [-0.05, 0) is 57.0 Å². The summed E-state index contributed by atoms with van der Waals surface area (Å²) in [5.41, 5.74) is 1.84. The van der Waals surface area contributed by atoms with Gasteiger partial charge in [0.05, 0.1) is 13.1 Å². The second-order valence-electron chi connectivity index (χ2n) is 4.14. The Morgan fingerprint density at radius 3 is 2.65 bits per heavy atom. The zero-order valence-corrected chi connectivity index (χ0v) is 14.8. The molecular formula is C13H6Br2ClFN2S. The van der Waals surface area contributed by atoms with Gasteiger partial charge < -0.3 is 0 Å². The smallest absolute Gasteiger partial charge is 0.163 e. The Morgan fingerprint density at radius 1 is 1.25 bits per heavy atom. The maximum atomic E-state index is 13.7. The molecule has 1 aromatic carbocycles. The van der Waals surface area contributed by atoms with Crippen molar-refractivity contribution in [3.63, 3.8) is 0 Å². The van der Waals surface area contributed by atoms with E-state index < -0.39 is 0 Å². The quantitative estimate of drug-likeness (QED) is 0.438. The summed E-state index contributed by atoms with van der Waals surface area (Å²) in [7, 11) is 0. The van der Waals surface area contributed by atoms with Crippen molar-refractivity contribution in [2.45, 2.75) is 6.92 Å². The Morgan fingerprint density at radius 2 is 2.00 bits per heavy atom. The molecule has 0 bridgehead atoms. The van der Waals surface area contributed by atoms with Gasteiger partial charge in [0.25, 0.3) is 0 Å². The van der Waals surface area contributed by atoms with Crippen molar-refractivity contribution in [3.05, 3.63) is 42.3 Å². The van der Waals surface area contributed by atoms with Gasteiger partial charge in [0.15, 0.2) is 5.82 Å². The Hall–Kier alpha value is -0.560. The van der Waals surface area contributed by atoms with E-state index in [-0.39, 0.29) is 5.82 Å². The van der Waals surface area contributed by atoms with Gasteiger partial charge in [-0.2, -0.15) is 0 Å². The summed E-state index contributed by atoms with van der Waals surface area (Å²) < 4.78 is 15.5. The molecule has 0 unspecified atom stereocenters. The molecule has 0 aliphatic rings. The lowest BCUT2D eigenvalue weighted by Gasteiger charge is -2.06. The van der Waals surface area contributed by atoms with Crippen LogP contribution < -0.4 is 0 Å². The van der Waals surface area contributed by atoms with Crippen LogP contribution in [-0.4, -0.2) is 9.97 Å². The number of aryl methyl sites for hydroxylation is 1. The van der Waals surface area contributed by atoms with Crippen LogP contribution >= 0.6 is 54.8 Å². The van der Waals surface area contributed by atoms with Gasteiger partial charge in [0.2, 0.25) is 0 Å². The molecule has 3 rings (SSSR count). The molecule has 7 heteroatoms. The first kappa shape index (κ1) is 14.4. The summed E-state index contributed by atoms with van der Waals surface area (Å²) in [6.45, 7) is 1.68. The normalized spacial score (nSPS) is 11.2. The summed E-state index contributed by atoms with van der Waals surface area (Å²) in [6, 6.07) is 4.88. The number of fused-ring (bicyclic) bond motifs is 1. The average Bonchev–Trinajstić information content (AvgIpc) is 2.73.